The highest BCUT2D eigenvalue weighted by Crippen LogP contribution is 2.34. The number of esters is 1. The largest absolute Gasteiger partial charge is 0.462 e. The summed E-state index contributed by atoms with van der Waals surface area (Å²) in [6, 6.07) is 3.37. The van der Waals surface area contributed by atoms with Crippen LogP contribution in [-0.2, 0) is 22.2 Å². The molecule has 0 spiro atoms. The Morgan fingerprint density at radius 3 is 2.47 bits per heavy atom. The first-order valence-corrected chi connectivity index (χ1v) is 9.87. The van der Waals surface area contributed by atoms with Crippen molar-refractivity contribution in [3.8, 4) is 0 Å². The lowest BCUT2D eigenvalue weighted by Crippen LogP contribution is -2.42. The summed E-state index contributed by atoms with van der Waals surface area (Å²) in [5, 5.41) is 0. The van der Waals surface area contributed by atoms with Crippen LogP contribution in [0.4, 0.5) is 18.0 Å². The first-order valence-electron chi connectivity index (χ1n) is 9.87. The fourth-order valence-electron chi connectivity index (χ4n) is 3.32. The number of halogens is 3. The highest BCUT2D eigenvalue weighted by molar-refractivity contribution is 5.89. The smallest absolute Gasteiger partial charge is 0.416 e. The first kappa shape index (κ1) is 24.0. The Labute approximate surface area is 174 Å². The van der Waals surface area contributed by atoms with Crippen LogP contribution < -0.4 is 0 Å². The van der Waals surface area contributed by atoms with Gasteiger partial charge in [-0.15, -0.1) is 0 Å². The van der Waals surface area contributed by atoms with E-state index >= 15 is 0 Å². The highest BCUT2D eigenvalue weighted by atomic mass is 19.4. The van der Waals surface area contributed by atoms with Crippen molar-refractivity contribution in [2.75, 3.05) is 26.7 Å². The predicted molar refractivity (Wildman–Crippen MR) is 105 cm³/mol. The average Bonchev–Trinajstić information content (AvgIpc) is 3.07. The van der Waals surface area contributed by atoms with Gasteiger partial charge in [-0.3, -0.25) is 4.90 Å². The molecule has 0 aliphatic carbocycles. The minimum atomic E-state index is -4.59. The number of rotatable bonds is 5. The maximum atomic E-state index is 13.6. The Morgan fingerprint density at radius 1 is 1.23 bits per heavy atom. The Kier molecular flexibility index (Phi) is 7.39. The van der Waals surface area contributed by atoms with Crippen molar-refractivity contribution < 1.29 is 32.2 Å². The SMILES string of the molecule is CCOC(=O)c1ccc(CN2CC[C@@H](N(C)C(=O)OC(C)(C)C)C2)c(C(F)(F)F)c1. The van der Waals surface area contributed by atoms with Crippen LogP contribution in [0.25, 0.3) is 0 Å². The normalized spacial score (nSPS) is 17.7. The Balaban J connectivity index is 2.11. The van der Waals surface area contributed by atoms with Gasteiger partial charge in [0, 0.05) is 32.7 Å². The Morgan fingerprint density at radius 2 is 1.90 bits per heavy atom. The van der Waals surface area contributed by atoms with E-state index in [0.717, 1.165) is 6.07 Å². The summed E-state index contributed by atoms with van der Waals surface area (Å²) >= 11 is 0. The minimum Gasteiger partial charge on any atom is -0.462 e. The van der Waals surface area contributed by atoms with Gasteiger partial charge in [0.2, 0.25) is 0 Å². The van der Waals surface area contributed by atoms with E-state index in [1.165, 1.54) is 17.0 Å². The maximum absolute atomic E-state index is 13.6. The van der Waals surface area contributed by atoms with E-state index < -0.39 is 29.4 Å². The van der Waals surface area contributed by atoms with Crippen LogP contribution in [0.15, 0.2) is 18.2 Å². The number of carbonyl (C=O) groups is 2. The second-order valence-electron chi connectivity index (χ2n) is 8.36. The first-order chi connectivity index (χ1) is 13.8. The lowest BCUT2D eigenvalue weighted by molar-refractivity contribution is -0.138. The number of nitrogens with zero attached hydrogens (tertiary/aromatic N) is 2. The average molecular weight is 430 g/mol. The molecule has 1 aliphatic heterocycles. The van der Waals surface area contributed by atoms with Gasteiger partial charge in [-0.2, -0.15) is 13.2 Å². The molecule has 0 N–H and O–H groups in total. The van der Waals surface area contributed by atoms with Crippen molar-refractivity contribution in [2.45, 2.75) is 58.5 Å². The van der Waals surface area contributed by atoms with E-state index in [2.05, 4.69) is 0 Å². The molecule has 1 saturated heterocycles. The number of benzene rings is 1. The molecule has 30 heavy (non-hydrogen) atoms. The fourth-order valence-corrected chi connectivity index (χ4v) is 3.32. The molecular formula is C21H29F3N2O4. The van der Waals surface area contributed by atoms with Gasteiger partial charge in [0.25, 0.3) is 0 Å². The van der Waals surface area contributed by atoms with Gasteiger partial charge in [0.1, 0.15) is 5.60 Å². The van der Waals surface area contributed by atoms with Gasteiger partial charge < -0.3 is 14.4 Å². The van der Waals surface area contributed by atoms with E-state index in [1.807, 2.05) is 4.90 Å². The molecule has 0 bridgehead atoms. The van der Waals surface area contributed by atoms with Crippen LogP contribution in [0, 0.1) is 0 Å². The molecule has 0 unspecified atom stereocenters. The molecule has 0 saturated carbocycles. The molecule has 1 fully saturated rings. The molecule has 0 radical (unpaired) electrons. The molecule has 9 heteroatoms. The van der Waals surface area contributed by atoms with Crippen LogP contribution in [0.3, 0.4) is 0 Å². The number of likely N-dealkylation sites (N-methyl/N-ethyl adjacent to an activating group) is 1. The number of carbonyl (C=O) groups excluding carboxylic acids is 2. The summed E-state index contributed by atoms with van der Waals surface area (Å²) in [6.45, 7) is 8.06. The number of alkyl halides is 3. The number of likely N-dealkylation sites (tertiary alicyclic amines) is 1. The standard InChI is InChI=1S/C21H29F3N2O4/c1-6-29-18(27)14-7-8-15(17(11-14)21(22,23)24)12-26-10-9-16(13-26)25(5)19(28)30-20(2,3)4/h7-8,11,16H,6,9-10,12-13H2,1-5H3/t16-/m1/s1. The second-order valence-corrected chi connectivity index (χ2v) is 8.36. The Hall–Kier alpha value is -2.29. The van der Waals surface area contributed by atoms with Crippen LogP contribution in [0.1, 0.15) is 55.6 Å². The van der Waals surface area contributed by atoms with Crippen LogP contribution in [-0.4, -0.2) is 60.2 Å². The molecule has 1 aromatic rings. The summed E-state index contributed by atoms with van der Waals surface area (Å²) in [5.41, 5.74) is -1.52. The van der Waals surface area contributed by atoms with Crippen LogP contribution >= 0.6 is 0 Å². The highest BCUT2D eigenvalue weighted by Gasteiger charge is 2.36. The zero-order valence-corrected chi connectivity index (χ0v) is 18.0. The molecule has 1 aliphatic rings. The van der Waals surface area contributed by atoms with Gasteiger partial charge in [0.15, 0.2) is 0 Å². The maximum Gasteiger partial charge on any atom is 0.416 e. The van der Waals surface area contributed by atoms with Gasteiger partial charge in [-0.05, 0) is 51.8 Å². The van der Waals surface area contributed by atoms with Gasteiger partial charge in [-0.25, -0.2) is 9.59 Å². The third-order valence-electron chi connectivity index (χ3n) is 4.80. The zero-order chi connectivity index (χ0) is 22.7. The fraction of sp³-hybridized carbons (Fsp3) is 0.619. The van der Waals surface area contributed by atoms with Crippen molar-refractivity contribution >= 4 is 12.1 Å². The van der Waals surface area contributed by atoms with Crippen LogP contribution in [0.2, 0.25) is 0 Å². The zero-order valence-electron chi connectivity index (χ0n) is 18.0. The number of ether oxygens (including phenoxy) is 2. The molecular weight excluding hydrogens is 401 g/mol. The van der Waals surface area contributed by atoms with Gasteiger partial charge >= 0.3 is 18.2 Å². The van der Waals surface area contributed by atoms with E-state index in [4.69, 9.17) is 9.47 Å². The molecule has 0 aromatic heterocycles. The third kappa shape index (κ3) is 6.35. The lowest BCUT2D eigenvalue weighted by atomic mass is 10.0. The summed E-state index contributed by atoms with van der Waals surface area (Å²) in [5.74, 6) is -0.783. The topological polar surface area (TPSA) is 59.1 Å². The molecule has 1 aromatic carbocycles. The van der Waals surface area contributed by atoms with Crippen molar-refractivity contribution in [3.05, 3.63) is 34.9 Å². The van der Waals surface area contributed by atoms with Crippen molar-refractivity contribution in [1.82, 2.24) is 9.80 Å². The second kappa shape index (κ2) is 9.24. The summed E-state index contributed by atoms with van der Waals surface area (Å²) in [4.78, 5) is 27.4. The predicted octanol–water partition coefficient (Wildman–Crippen LogP) is 4.32. The number of hydrogen-bond donors (Lipinski definition) is 0. The van der Waals surface area contributed by atoms with Gasteiger partial charge in [-0.1, -0.05) is 6.07 Å². The van der Waals surface area contributed by atoms with Crippen molar-refractivity contribution in [2.24, 2.45) is 0 Å². The minimum absolute atomic E-state index is 0.0661. The monoisotopic (exact) mass is 430 g/mol. The molecule has 1 amide bonds. The van der Waals surface area contributed by atoms with Gasteiger partial charge in [0.05, 0.1) is 17.7 Å². The number of hydrogen-bond acceptors (Lipinski definition) is 5. The molecule has 1 atom stereocenters. The van der Waals surface area contributed by atoms with E-state index in [1.54, 1.807) is 34.7 Å². The van der Waals surface area contributed by atoms with Crippen LogP contribution in [0.5, 0.6) is 0 Å². The van der Waals surface area contributed by atoms with E-state index in [-0.39, 0.29) is 30.3 Å². The molecule has 6 nitrogen and oxygen atoms in total. The third-order valence-corrected chi connectivity index (χ3v) is 4.80. The van der Waals surface area contributed by atoms with Crippen molar-refractivity contribution in [3.63, 3.8) is 0 Å². The van der Waals surface area contributed by atoms with E-state index in [0.29, 0.717) is 19.5 Å². The van der Waals surface area contributed by atoms with Crippen molar-refractivity contribution in [1.29, 1.82) is 0 Å². The molecule has 168 valence electrons. The van der Waals surface area contributed by atoms with E-state index in [9.17, 15) is 22.8 Å². The molecule has 1 heterocycles. The summed E-state index contributed by atoms with van der Waals surface area (Å²) in [7, 11) is 1.64. The lowest BCUT2D eigenvalue weighted by Gasteiger charge is -2.28. The Bertz CT molecular complexity index is 774. The quantitative estimate of drug-likeness (QED) is 0.651. The number of amides is 1. The summed E-state index contributed by atoms with van der Waals surface area (Å²) < 4.78 is 50.9. The summed E-state index contributed by atoms with van der Waals surface area (Å²) in [6.07, 6.45) is -4.41. The molecule has 2 rings (SSSR count).